The number of hydrogen-bond acceptors (Lipinski definition) is 5. The molecule has 0 N–H and O–H groups in total. The van der Waals surface area contributed by atoms with Crippen LogP contribution in [0.15, 0.2) is 12.1 Å². The molecule has 2 fully saturated rings. The SMILES string of the molecule is Cc1ccc(CN2CCN([C@H]3CCS(=O)(=O)C3)CC2)s1. The Kier molecular flexibility index (Phi) is 4.17. The zero-order valence-electron chi connectivity index (χ0n) is 11.9. The summed E-state index contributed by atoms with van der Waals surface area (Å²) in [7, 11) is -2.76. The van der Waals surface area contributed by atoms with Crippen molar-refractivity contribution in [2.45, 2.75) is 25.9 Å². The van der Waals surface area contributed by atoms with E-state index in [-0.39, 0.29) is 6.04 Å². The second-order valence-electron chi connectivity index (χ2n) is 5.88. The monoisotopic (exact) mass is 314 g/mol. The highest BCUT2D eigenvalue weighted by atomic mass is 32.2. The minimum absolute atomic E-state index is 0.270. The first-order chi connectivity index (χ1) is 9.52. The topological polar surface area (TPSA) is 40.6 Å². The van der Waals surface area contributed by atoms with Gasteiger partial charge in [0.05, 0.1) is 11.5 Å². The lowest BCUT2D eigenvalue weighted by Crippen LogP contribution is -2.50. The normalized spacial score (nSPS) is 27.9. The molecule has 0 amide bonds. The van der Waals surface area contributed by atoms with E-state index in [1.807, 2.05) is 11.3 Å². The van der Waals surface area contributed by atoms with Crippen LogP contribution in [0.25, 0.3) is 0 Å². The molecule has 0 radical (unpaired) electrons. The molecule has 1 atom stereocenters. The molecule has 3 rings (SSSR count). The number of rotatable bonds is 3. The van der Waals surface area contributed by atoms with Crippen molar-refractivity contribution in [3.05, 3.63) is 21.9 Å². The van der Waals surface area contributed by atoms with Crippen LogP contribution in [0.1, 0.15) is 16.2 Å². The molecule has 4 nitrogen and oxygen atoms in total. The van der Waals surface area contributed by atoms with Gasteiger partial charge in [0.25, 0.3) is 0 Å². The highest BCUT2D eigenvalue weighted by Gasteiger charge is 2.33. The maximum atomic E-state index is 11.6. The van der Waals surface area contributed by atoms with Crippen molar-refractivity contribution in [1.29, 1.82) is 0 Å². The van der Waals surface area contributed by atoms with E-state index < -0.39 is 9.84 Å². The maximum absolute atomic E-state index is 11.6. The smallest absolute Gasteiger partial charge is 0.151 e. The molecule has 0 unspecified atom stereocenters. The van der Waals surface area contributed by atoms with E-state index in [0.717, 1.165) is 39.1 Å². The summed E-state index contributed by atoms with van der Waals surface area (Å²) in [4.78, 5) is 7.65. The number of aryl methyl sites for hydroxylation is 1. The van der Waals surface area contributed by atoms with Crippen LogP contribution in [0, 0.1) is 6.92 Å². The van der Waals surface area contributed by atoms with Gasteiger partial charge in [-0.05, 0) is 25.5 Å². The van der Waals surface area contributed by atoms with Gasteiger partial charge in [-0.3, -0.25) is 9.80 Å². The van der Waals surface area contributed by atoms with Crippen LogP contribution in [0.4, 0.5) is 0 Å². The molecule has 3 heterocycles. The molecule has 0 spiro atoms. The molecule has 0 saturated carbocycles. The Labute approximate surface area is 125 Å². The third kappa shape index (κ3) is 3.42. The summed E-state index contributed by atoms with van der Waals surface area (Å²) in [6.45, 7) is 7.29. The molecule has 0 aromatic carbocycles. The first-order valence-electron chi connectivity index (χ1n) is 7.24. The Balaban J connectivity index is 1.50. The molecule has 2 aliphatic rings. The molecule has 6 heteroatoms. The molecule has 2 aliphatic heterocycles. The van der Waals surface area contributed by atoms with Gasteiger partial charge in [0.1, 0.15) is 0 Å². The predicted octanol–water partition coefficient (Wildman–Crippen LogP) is 1.36. The van der Waals surface area contributed by atoms with E-state index in [1.165, 1.54) is 9.75 Å². The van der Waals surface area contributed by atoms with E-state index in [1.54, 1.807) is 0 Å². The number of sulfone groups is 1. The molecule has 112 valence electrons. The average molecular weight is 314 g/mol. The Hall–Kier alpha value is -0.430. The van der Waals surface area contributed by atoms with Crippen molar-refractivity contribution < 1.29 is 8.42 Å². The van der Waals surface area contributed by atoms with Crippen molar-refractivity contribution in [2.75, 3.05) is 37.7 Å². The number of hydrogen-bond donors (Lipinski definition) is 0. The van der Waals surface area contributed by atoms with Gasteiger partial charge >= 0.3 is 0 Å². The lowest BCUT2D eigenvalue weighted by molar-refractivity contribution is 0.101. The average Bonchev–Trinajstić information content (AvgIpc) is 2.96. The van der Waals surface area contributed by atoms with E-state index in [2.05, 4.69) is 28.9 Å². The first-order valence-corrected chi connectivity index (χ1v) is 9.88. The molecule has 0 bridgehead atoms. The third-order valence-corrected chi connectivity index (χ3v) is 7.04. The fraction of sp³-hybridized carbons (Fsp3) is 0.714. The maximum Gasteiger partial charge on any atom is 0.151 e. The molecular weight excluding hydrogens is 292 g/mol. The second kappa shape index (κ2) is 5.75. The fourth-order valence-corrected chi connectivity index (χ4v) is 5.83. The minimum atomic E-state index is -2.76. The Morgan fingerprint density at radius 3 is 2.55 bits per heavy atom. The van der Waals surface area contributed by atoms with Gasteiger partial charge in [0.15, 0.2) is 9.84 Å². The predicted molar refractivity (Wildman–Crippen MR) is 83.0 cm³/mol. The summed E-state index contributed by atoms with van der Waals surface area (Å²) in [5.74, 6) is 0.753. The summed E-state index contributed by atoms with van der Waals surface area (Å²) in [6.07, 6.45) is 0.826. The third-order valence-electron chi connectivity index (χ3n) is 4.31. The van der Waals surface area contributed by atoms with Gasteiger partial charge in [-0.1, -0.05) is 0 Å². The van der Waals surface area contributed by atoms with Crippen LogP contribution in [0.2, 0.25) is 0 Å². The molecule has 20 heavy (non-hydrogen) atoms. The van der Waals surface area contributed by atoms with Crippen LogP contribution in [0.3, 0.4) is 0 Å². The number of thiophene rings is 1. The molecule has 2 saturated heterocycles. The Bertz CT molecular complexity index is 559. The van der Waals surface area contributed by atoms with Crippen LogP contribution < -0.4 is 0 Å². The van der Waals surface area contributed by atoms with Crippen molar-refractivity contribution in [3.8, 4) is 0 Å². The zero-order chi connectivity index (χ0) is 14.2. The summed E-state index contributed by atoms with van der Waals surface area (Å²) in [6, 6.07) is 4.67. The number of piperazine rings is 1. The quantitative estimate of drug-likeness (QED) is 0.845. The standard InChI is InChI=1S/C14H22N2O2S2/c1-12-2-3-14(19-12)10-15-5-7-16(8-6-15)13-4-9-20(17,18)11-13/h2-3,13H,4-11H2,1H3/t13-/m0/s1. The van der Waals surface area contributed by atoms with Crippen LogP contribution in [0.5, 0.6) is 0 Å². The van der Waals surface area contributed by atoms with Gasteiger partial charge in [-0.25, -0.2) is 8.42 Å². The van der Waals surface area contributed by atoms with Gasteiger partial charge in [0.2, 0.25) is 0 Å². The van der Waals surface area contributed by atoms with Crippen molar-refractivity contribution in [3.63, 3.8) is 0 Å². The second-order valence-corrected chi connectivity index (χ2v) is 9.48. The van der Waals surface area contributed by atoms with Crippen molar-refractivity contribution in [1.82, 2.24) is 9.80 Å². The highest BCUT2D eigenvalue weighted by molar-refractivity contribution is 7.91. The lowest BCUT2D eigenvalue weighted by Gasteiger charge is -2.37. The van der Waals surface area contributed by atoms with Crippen LogP contribution in [-0.2, 0) is 16.4 Å². The molecule has 1 aromatic rings. The Morgan fingerprint density at radius 2 is 2.00 bits per heavy atom. The largest absolute Gasteiger partial charge is 0.297 e. The van der Waals surface area contributed by atoms with Gasteiger partial charge in [-0.15, -0.1) is 11.3 Å². The summed E-state index contributed by atoms with van der Waals surface area (Å²) >= 11 is 1.87. The van der Waals surface area contributed by atoms with Crippen LogP contribution in [-0.4, -0.2) is 61.9 Å². The van der Waals surface area contributed by atoms with E-state index in [9.17, 15) is 8.42 Å². The summed E-state index contributed by atoms with van der Waals surface area (Å²) in [5.41, 5.74) is 0. The molecule has 0 aliphatic carbocycles. The van der Waals surface area contributed by atoms with Gasteiger partial charge in [0, 0.05) is 48.5 Å². The van der Waals surface area contributed by atoms with Gasteiger partial charge in [-0.2, -0.15) is 0 Å². The fourth-order valence-electron chi connectivity index (χ4n) is 3.14. The van der Waals surface area contributed by atoms with E-state index >= 15 is 0 Å². The van der Waals surface area contributed by atoms with Crippen LogP contribution >= 0.6 is 11.3 Å². The zero-order valence-corrected chi connectivity index (χ0v) is 13.5. The number of nitrogens with zero attached hydrogens (tertiary/aromatic N) is 2. The molecular formula is C14H22N2O2S2. The first kappa shape index (κ1) is 14.5. The Morgan fingerprint density at radius 1 is 1.25 bits per heavy atom. The van der Waals surface area contributed by atoms with Gasteiger partial charge < -0.3 is 0 Å². The minimum Gasteiger partial charge on any atom is -0.297 e. The summed E-state index contributed by atoms with van der Waals surface area (Å²) < 4.78 is 23.1. The summed E-state index contributed by atoms with van der Waals surface area (Å²) in [5, 5.41) is 0. The lowest BCUT2D eigenvalue weighted by atomic mass is 10.2. The van der Waals surface area contributed by atoms with E-state index in [4.69, 9.17) is 0 Å². The van der Waals surface area contributed by atoms with Crippen molar-refractivity contribution >= 4 is 21.2 Å². The van der Waals surface area contributed by atoms with E-state index in [0.29, 0.717) is 11.5 Å². The van der Waals surface area contributed by atoms with Crippen molar-refractivity contribution in [2.24, 2.45) is 0 Å². The molecule has 1 aromatic heterocycles. The highest BCUT2D eigenvalue weighted by Crippen LogP contribution is 2.21.